The molecule has 0 aliphatic heterocycles. The number of thiophene rings is 1. The van der Waals surface area contributed by atoms with Crippen molar-refractivity contribution in [2.45, 2.75) is 6.42 Å². The van der Waals surface area contributed by atoms with Gasteiger partial charge in [0, 0.05) is 4.70 Å². The summed E-state index contributed by atoms with van der Waals surface area (Å²) in [6, 6.07) is 11.7. The lowest BCUT2D eigenvalue weighted by molar-refractivity contribution is 0.628. The van der Waals surface area contributed by atoms with Crippen molar-refractivity contribution < 1.29 is 4.39 Å². The summed E-state index contributed by atoms with van der Waals surface area (Å²) in [6.07, 6.45) is 0.927. The van der Waals surface area contributed by atoms with Crippen LogP contribution in [0.25, 0.3) is 21.2 Å². The van der Waals surface area contributed by atoms with Crippen LogP contribution in [0.15, 0.2) is 41.8 Å². The summed E-state index contributed by atoms with van der Waals surface area (Å²) in [5.74, 6) is -0.150. The van der Waals surface area contributed by atoms with Gasteiger partial charge in [-0.15, -0.1) is 11.3 Å². The monoisotopic (exact) mass is 240 g/mol. The van der Waals surface area contributed by atoms with E-state index in [0.29, 0.717) is 0 Å². The zero-order valence-electron chi connectivity index (χ0n) is 9.03. The van der Waals surface area contributed by atoms with Crippen LogP contribution in [0.4, 0.5) is 4.39 Å². The van der Waals surface area contributed by atoms with Crippen LogP contribution in [-0.4, -0.2) is 0 Å². The Morgan fingerprint density at radius 2 is 1.82 bits per heavy atom. The molecule has 0 unspecified atom stereocenters. The van der Waals surface area contributed by atoms with Gasteiger partial charge in [0.25, 0.3) is 0 Å². The second kappa shape index (κ2) is 3.17. The first-order chi connectivity index (χ1) is 8.31. The van der Waals surface area contributed by atoms with E-state index < -0.39 is 0 Å². The molecular weight excluding hydrogens is 231 g/mol. The molecular formula is C15H9FS. The molecule has 2 aromatic carbocycles. The summed E-state index contributed by atoms with van der Waals surface area (Å²) in [7, 11) is 0. The molecule has 0 saturated heterocycles. The Balaban J connectivity index is 2.06. The van der Waals surface area contributed by atoms with Crippen LogP contribution in [0.1, 0.15) is 11.1 Å². The third kappa shape index (κ3) is 1.28. The Bertz CT molecular complexity index is 740. The third-order valence-corrected chi connectivity index (χ3v) is 4.30. The van der Waals surface area contributed by atoms with Crippen molar-refractivity contribution in [2.75, 3.05) is 0 Å². The molecule has 0 nitrogen and oxygen atoms in total. The lowest BCUT2D eigenvalue weighted by atomic mass is 10.0. The summed E-state index contributed by atoms with van der Waals surface area (Å²) in [6.45, 7) is 0. The van der Waals surface area contributed by atoms with Crippen molar-refractivity contribution in [3.8, 4) is 11.1 Å². The first-order valence-electron chi connectivity index (χ1n) is 5.60. The number of rotatable bonds is 0. The molecule has 0 saturated carbocycles. The Kier molecular flexibility index (Phi) is 1.75. The first-order valence-corrected chi connectivity index (χ1v) is 6.48. The maximum Gasteiger partial charge on any atom is 0.123 e. The lowest BCUT2D eigenvalue weighted by Gasteiger charge is -2.01. The number of fused-ring (bicyclic) bond motifs is 4. The molecule has 17 heavy (non-hydrogen) atoms. The van der Waals surface area contributed by atoms with E-state index in [4.69, 9.17) is 0 Å². The Morgan fingerprint density at radius 1 is 0.941 bits per heavy atom. The summed E-state index contributed by atoms with van der Waals surface area (Å²) in [5.41, 5.74) is 4.82. The summed E-state index contributed by atoms with van der Waals surface area (Å²) >= 11 is 1.74. The van der Waals surface area contributed by atoms with E-state index in [9.17, 15) is 4.39 Å². The molecule has 82 valence electrons. The molecule has 2 heteroatoms. The normalized spacial score (nSPS) is 12.8. The van der Waals surface area contributed by atoms with Gasteiger partial charge < -0.3 is 0 Å². The minimum absolute atomic E-state index is 0.150. The highest BCUT2D eigenvalue weighted by Gasteiger charge is 2.19. The fourth-order valence-electron chi connectivity index (χ4n) is 2.61. The molecule has 0 spiro atoms. The largest absolute Gasteiger partial charge is 0.207 e. The van der Waals surface area contributed by atoms with Crippen molar-refractivity contribution in [3.05, 3.63) is 58.7 Å². The van der Waals surface area contributed by atoms with Crippen LogP contribution in [0.5, 0.6) is 0 Å². The third-order valence-electron chi connectivity index (χ3n) is 3.42. The highest BCUT2D eigenvalue weighted by molar-refractivity contribution is 7.17. The average Bonchev–Trinajstić information content (AvgIpc) is 2.89. The van der Waals surface area contributed by atoms with E-state index in [1.807, 2.05) is 6.07 Å². The van der Waals surface area contributed by atoms with E-state index in [0.717, 1.165) is 12.0 Å². The molecule has 1 aliphatic rings. The van der Waals surface area contributed by atoms with Crippen LogP contribution < -0.4 is 0 Å². The zero-order chi connectivity index (χ0) is 11.4. The standard InChI is InChI=1S/C15H9FS/c16-12-2-1-9-5-11-6-10-3-4-17-15(10)8-14(11)13(9)7-12/h1-4,6-8H,5H2. The molecule has 0 fully saturated rings. The highest BCUT2D eigenvalue weighted by atomic mass is 32.1. The van der Waals surface area contributed by atoms with Gasteiger partial charge in [-0.2, -0.15) is 0 Å². The first kappa shape index (κ1) is 9.37. The number of hydrogen-bond acceptors (Lipinski definition) is 1. The molecule has 0 N–H and O–H groups in total. The summed E-state index contributed by atoms with van der Waals surface area (Å²) < 4.78 is 14.6. The predicted octanol–water partition coefficient (Wildman–Crippen LogP) is 4.61. The molecule has 4 rings (SSSR count). The van der Waals surface area contributed by atoms with E-state index in [1.54, 1.807) is 23.5 Å². The van der Waals surface area contributed by atoms with Gasteiger partial charge in [0.05, 0.1) is 0 Å². The van der Waals surface area contributed by atoms with Gasteiger partial charge in [-0.05, 0) is 69.8 Å². The lowest BCUT2D eigenvalue weighted by Crippen LogP contribution is -1.80. The summed E-state index contributed by atoms with van der Waals surface area (Å²) in [5, 5.41) is 3.40. The van der Waals surface area contributed by atoms with Crippen LogP contribution in [0.3, 0.4) is 0 Å². The van der Waals surface area contributed by atoms with Gasteiger partial charge in [-0.3, -0.25) is 0 Å². The maximum atomic E-state index is 13.3. The molecule has 0 atom stereocenters. The predicted molar refractivity (Wildman–Crippen MR) is 70.0 cm³/mol. The van der Waals surface area contributed by atoms with Crippen LogP contribution >= 0.6 is 11.3 Å². The Labute approximate surface area is 102 Å². The zero-order valence-corrected chi connectivity index (χ0v) is 9.85. The van der Waals surface area contributed by atoms with Crippen LogP contribution in [0.2, 0.25) is 0 Å². The molecule has 0 radical (unpaired) electrons. The fraction of sp³-hybridized carbons (Fsp3) is 0.0667. The minimum atomic E-state index is -0.150. The maximum absolute atomic E-state index is 13.3. The number of halogens is 1. The van der Waals surface area contributed by atoms with Gasteiger partial charge >= 0.3 is 0 Å². The van der Waals surface area contributed by atoms with Crippen molar-refractivity contribution in [1.29, 1.82) is 0 Å². The SMILES string of the molecule is Fc1ccc2c(c1)-c1cc3sccc3cc1C2. The van der Waals surface area contributed by atoms with Crippen molar-refractivity contribution in [2.24, 2.45) is 0 Å². The fourth-order valence-corrected chi connectivity index (χ4v) is 3.42. The van der Waals surface area contributed by atoms with Crippen molar-refractivity contribution in [3.63, 3.8) is 0 Å². The van der Waals surface area contributed by atoms with Gasteiger partial charge in [0.1, 0.15) is 5.82 Å². The molecule has 1 aliphatic carbocycles. The second-order valence-corrected chi connectivity index (χ2v) is 5.39. The number of hydrogen-bond donors (Lipinski definition) is 0. The molecule has 1 heterocycles. The Hall–Kier alpha value is -1.67. The van der Waals surface area contributed by atoms with E-state index in [2.05, 4.69) is 23.6 Å². The molecule has 0 amide bonds. The second-order valence-electron chi connectivity index (χ2n) is 4.45. The van der Waals surface area contributed by atoms with Gasteiger partial charge in [-0.25, -0.2) is 4.39 Å². The van der Waals surface area contributed by atoms with Gasteiger partial charge in [0.2, 0.25) is 0 Å². The summed E-state index contributed by atoms with van der Waals surface area (Å²) in [4.78, 5) is 0. The highest BCUT2D eigenvalue weighted by Crippen LogP contribution is 2.40. The van der Waals surface area contributed by atoms with Crippen molar-refractivity contribution in [1.82, 2.24) is 0 Å². The van der Waals surface area contributed by atoms with Gasteiger partial charge in [0.15, 0.2) is 0 Å². The Morgan fingerprint density at radius 3 is 2.76 bits per heavy atom. The van der Waals surface area contributed by atoms with Crippen LogP contribution in [0, 0.1) is 5.82 Å². The van der Waals surface area contributed by atoms with E-state index in [-0.39, 0.29) is 5.82 Å². The number of benzene rings is 2. The van der Waals surface area contributed by atoms with E-state index >= 15 is 0 Å². The molecule has 0 bridgehead atoms. The average molecular weight is 240 g/mol. The minimum Gasteiger partial charge on any atom is -0.207 e. The smallest absolute Gasteiger partial charge is 0.123 e. The quantitative estimate of drug-likeness (QED) is 0.421. The van der Waals surface area contributed by atoms with E-state index in [1.165, 1.54) is 26.8 Å². The molecule has 1 aromatic heterocycles. The molecule has 3 aromatic rings. The van der Waals surface area contributed by atoms with Gasteiger partial charge in [-0.1, -0.05) is 6.07 Å². The van der Waals surface area contributed by atoms with Crippen LogP contribution in [-0.2, 0) is 6.42 Å². The van der Waals surface area contributed by atoms with Crippen molar-refractivity contribution >= 4 is 21.4 Å². The topological polar surface area (TPSA) is 0 Å².